The average Bonchev–Trinajstić information content (AvgIpc) is 2.89. The van der Waals surface area contributed by atoms with Crippen LogP contribution in [0.3, 0.4) is 0 Å². The molecule has 2 aliphatic rings. The molecule has 2 nitrogen and oxygen atoms in total. The predicted molar refractivity (Wildman–Crippen MR) is 55.8 cm³/mol. The lowest BCUT2D eigenvalue weighted by Gasteiger charge is -2.09. The summed E-state index contributed by atoms with van der Waals surface area (Å²) in [6, 6.07) is 6.97. The van der Waals surface area contributed by atoms with Crippen LogP contribution >= 0.6 is 11.6 Å². The quantitative estimate of drug-likeness (QED) is 0.808. The Morgan fingerprint density at radius 2 is 2.21 bits per heavy atom. The second-order valence-electron chi connectivity index (χ2n) is 3.99. The molecule has 3 heteroatoms. The Hall–Kier alpha value is -0.730. The van der Waals surface area contributed by atoms with E-state index in [4.69, 9.17) is 16.3 Å². The minimum atomic E-state index is 0.370. The van der Waals surface area contributed by atoms with Crippen LogP contribution in [0, 0.1) is 0 Å². The van der Waals surface area contributed by atoms with Crippen LogP contribution in [0.25, 0.3) is 0 Å². The number of hydrogen-bond acceptors (Lipinski definition) is 2. The highest BCUT2D eigenvalue weighted by Crippen LogP contribution is 2.36. The van der Waals surface area contributed by atoms with Crippen molar-refractivity contribution in [2.45, 2.75) is 24.9 Å². The van der Waals surface area contributed by atoms with Gasteiger partial charge in [0.05, 0.1) is 6.04 Å². The van der Waals surface area contributed by atoms with Gasteiger partial charge < -0.3 is 10.1 Å². The topological polar surface area (TPSA) is 21.3 Å². The molecular weight excluding hydrogens is 198 g/mol. The van der Waals surface area contributed by atoms with Gasteiger partial charge in [0.25, 0.3) is 0 Å². The lowest BCUT2D eigenvalue weighted by molar-refractivity contribution is 0.310. The van der Waals surface area contributed by atoms with E-state index in [1.165, 1.54) is 18.4 Å². The minimum Gasteiger partial charge on any atom is -0.491 e. The zero-order chi connectivity index (χ0) is 9.54. The average molecular weight is 210 g/mol. The summed E-state index contributed by atoms with van der Waals surface area (Å²) in [6.45, 7) is 0.742. The highest BCUT2D eigenvalue weighted by molar-refractivity contribution is 6.30. The highest BCUT2D eigenvalue weighted by Gasteiger charge is 2.30. The molecule has 14 heavy (non-hydrogen) atoms. The van der Waals surface area contributed by atoms with Gasteiger partial charge in [0.1, 0.15) is 12.4 Å². The fourth-order valence-electron chi connectivity index (χ4n) is 1.86. The number of rotatable bonds is 2. The van der Waals surface area contributed by atoms with Crippen molar-refractivity contribution in [2.24, 2.45) is 0 Å². The van der Waals surface area contributed by atoms with Gasteiger partial charge in [-0.1, -0.05) is 17.7 Å². The summed E-state index contributed by atoms with van der Waals surface area (Å²) in [7, 11) is 0. The third-order valence-electron chi connectivity index (χ3n) is 2.77. The number of benzene rings is 1. The number of hydrogen-bond donors (Lipinski definition) is 1. The van der Waals surface area contributed by atoms with Crippen LogP contribution < -0.4 is 10.1 Å². The summed E-state index contributed by atoms with van der Waals surface area (Å²) < 4.78 is 5.57. The van der Waals surface area contributed by atoms with Gasteiger partial charge in [0, 0.05) is 16.6 Å². The van der Waals surface area contributed by atoms with Gasteiger partial charge in [-0.25, -0.2) is 0 Å². The maximum absolute atomic E-state index is 5.89. The summed E-state index contributed by atoms with van der Waals surface area (Å²) in [4.78, 5) is 0. The zero-order valence-corrected chi connectivity index (χ0v) is 8.55. The molecule has 0 spiro atoms. The molecular formula is C11H12ClNO. The first-order valence-corrected chi connectivity index (χ1v) is 5.39. The number of ether oxygens (including phenoxy) is 1. The lowest BCUT2D eigenvalue weighted by atomic mass is 10.1. The molecule has 1 heterocycles. The number of nitrogens with one attached hydrogen (secondary N) is 1. The van der Waals surface area contributed by atoms with Crippen LogP contribution in [-0.4, -0.2) is 12.6 Å². The number of fused-ring (bicyclic) bond motifs is 1. The zero-order valence-electron chi connectivity index (χ0n) is 7.79. The first-order chi connectivity index (χ1) is 6.83. The smallest absolute Gasteiger partial charge is 0.125 e. The Kier molecular flexibility index (Phi) is 1.92. The van der Waals surface area contributed by atoms with Crippen molar-refractivity contribution in [3.05, 3.63) is 28.8 Å². The van der Waals surface area contributed by atoms with E-state index >= 15 is 0 Å². The van der Waals surface area contributed by atoms with Crippen LogP contribution in [0.1, 0.15) is 24.4 Å². The Balaban J connectivity index is 1.85. The molecule has 1 fully saturated rings. The van der Waals surface area contributed by atoms with Crippen LogP contribution in [0.4, 0.5) is 0 Å². The first kappa shape index (κ1) is 8.57. The third-order valence-corrected chi connectivity index (χ3v) is 3.01. The monoisotopic (exact) mass is 209 g/mol. The van der Waals surface area contributed by atoms with E-state index in [9.17, 15) is 0 Å². The van der Waals surface area contributed by atoms with Crippen LogP contribution in [0.2, 0.25) is 5.02 Å². The fourth-order valence-corrected chi connectivity index (χ4v) is 2.02. The van der Waals surface area contributed by atoms with E-state index in [0.29, 0.717) is 12.1 Å². The van der Waals surface area contributed by atoms with Gasteiger partial charge in [-0.3, -0.25) is 0 Å². The fraction of sp³-hybridized carbons (Fsp3) is 0.455. The largest absolute Gasteiger partial charge is 0.491 e. The molecule has 1 atom stereocenters. The van der Waals surface area contributed by atoms with Crippen molar-refractivity contribution in [1.82, 2.24) is 5.32 Å². The van der Waals surface area contributed by atoms with Gasteiger partial charge in [-0.05, 0) is 25.0 Å². The molecule has 1 aliphatic heterocycles. The lowest BCUT2D eigenvalue weighted by Crippen LogP contribution is -2.24. The molecule has 1 aromatic carbocycles. The molecule has 74 valence electrons. The van der Waals surface area contributed by atoms with E-state index in [0.717, 1.165) is 17.4 Å². The molecule has 1 saturated carbocycles. The molecule has 0 radical (unpaired) electrons. The third kappa shape index (κ3) is 1.49. The van der Waals surface area contributed by atoms with Crippen LogP contribution in [0.15, 0.2) is 18.2 Å². The van der Waals surface area contributed by atoms with E-state index < -0.39 is 0 Å². The Morgan fingerprint density at radius 1 is 1.36 bits per heavy atom. The standard InChI is InChI=1S/C11H12ClNO/c12-7-1-4-9-10(13-8-2-3-8)6-14-11(9)5-7/h1,4-5,8,10,13H,2-3,6H2. The van der Waals surface area contributed by atoms with E-state index in [-0.39, 0.29) is 0 Å². The van der Waals surface area contributed by atoms with Gasteiger partial charge in [0.15, 0.2) is 0 Å². The summed E-state index contributed by atoms with van der Waals surface area (Å²) in [6.07, 6.45) is 2.61. The van der Waals surface area contributed by atoms with Gasteiger partial charge in [0.2, 0.25) is 0 Å². The minimum absolute atomic E-state index is 0.370. The van der Waals surface area contributed by atoms with Gasteiger partial charge >= 0.3 is 0 Å². The molecule has 3 rings (SSSR count). The summed E-state index contributed by atoms with van der Waals surface area (Å²) >= 11 is 5.89. The normalized spacial score (nSPS) is 24.5. The molecule has 1 N–H and O–H groups in total. The maximum atomic E-state index is 5.89. The Bertz CT molecular complexity index is 362. The molecule has 1 aromatic rings. The SMILES string of the molecule is Clc1ccc2c(c1)OCC2NC1CC1. The van der Waals surface area contributed by atoms with Crippen molar-refractivity contribution in [3.8, 4) is 5.75 Å². The van der Waals surface area contributed by atoms with Crippen LogP contribution in [-0.2, 0) is 0 Å². The summed E-state index contributed by atoms with van der Waals surface area (Å²) in [5.41, 5.74) is 1.25. The van der Waals surface area contributed by atoms with Crippen molar-refractivity contribution < 1.29 is 4.74 Å². The highest BCUT2D eigenvalue weighted by atomic mass is 35.5. The van der Waals surface area contributed by atoms with Crippen LogP contribution in [0.5, 0.6) is 5.75 Å². The van der Waals surface area contributed by atoms with Gasteiger partial charge in [-0.2, -0.15) is 0 Å². The molecule has 0 bridgehead atoms. The van der Waals surface area contributed by atoms with Crippen molar-refractivity contribution >= 4 is 11.6 Å². The molecule has 1 aliphatic carbocycles. The van der Waals surface area contributed by atoms with E-state index in [1.54, 1.807) is 0 Å². The second kappa shape index (κ2) is 3.14. The summed E-state index contributed by atoms with van der Waals surface area (Å²) in [5.74, 6) is 0.940. The Morgan fingerprint density at radius 3 is 3.00 bits per heavy atom. The van der Waals surface area contributed by atoms with Crippen molar-refractivity contribution in [2.75, 3.05) is 6.61 Å². The summed E-state index contributed by atoms with van der Waals surface area (Å²) in [5, 5.41) is 4.31. The Labute approximate surface area is 88.2 Å². The maximum Gasteiger partial charge on any atom is 0.125 e. The van der Waals surface area contributed by atoms with E-state index in [1.807, 2.05) is 12.1 Å². The molecule has 1 unspecified atom stereocenters. The molecule has 0 amide bonds. The van der Waals surface area contributed by atoms with Gasteiger partial charge in [-0.15, -0.1) is 0 Å². The first-order valence-electron chi connectivity index (χ1n) is 5.01. The molecule has 0 aromatic heterocycles. The predicted octanol–water partition coefficient (Wildman–Crippen LogP) is 2.53. The molecule has 0 saturated heterocycles. The van der Waals surface area contributed by atoms with Crippen molar-refractivity contribution in [1.29, 1.82) is 0 Å². The number of halogens is 1. The van der Waals surface area contributed by atoms with Crippen molar-refractivity contribution in [3.63, 3.8) is 0 Å². The van der Waals surface area contributed by atoms with E-state index in [2.05, 4.69) is 11.4 Å². The second-order valence-corrected chi connectivity index (χ2v) is 4.42.